The predicted molar refractivity (Wildman–Crippen MR) is 78.1 cm³/mol. The standard InChI is InChI=1S/C16H25N3/c17-15-11-14(12-7-5-6-8-12)18-16(19-15)13-9-3-1-2-4-10-13/h11-13H,1-10H2,(H2,17,18,19). The molecule has 2 aliphatic rings. The monoisotopic (exact) mass is 259 g/mol. The minimum atomic E-state index is 0.547. The maximum Gasteiger partial charge on any atom is 0.134 e. The molecule has 0 spiro atoms. The lowest BCUT2D eigenvalue weighted by Gasteiger charge is -2.16. The quantitative estimate of drug-likeness (QED) is 0.811. The van der Waals surface area contributed by atoms with Crippen LogP contribution in [0.2, 0.25) is 0 Å². The third-order valence-electron chi connectivity index (χ3n) is 4.78. The Bertz CT molecular complexity index is 416. The normalized spacial score (nSPS) is 22.5. The van der Waals surface area contributed by atoms with E-state index in [9.17, 15) is 0 Å². The molecule has 0 bridgehead atoms. The largest absolute Gasteiger partial charge is 0.384 e. The molecule has 19 heavy (non-hydrogen) atoms. The Kier molecular flexibility index (Phi) is 4.00. The first kappa shape index (κ1) is 12.9. The minimum Gasteiger partial charge on any atom is -0.384 e. The first-order valence-corrected chi connectivity index (χ1v) is 7.97. The molecule has 1 aromatic heterocycles. The van der Waals surface area contributed by atoms with Gasteiger partial charge in [0.05, 0.1) is 0 Å². The lowest BCUT2D eigenvalue weighted by molar-refractivity contribution is 0.552. The first-order valence-electron chi connectivity index (χ1n) is 7.97. The first-order chi connectivity index (χ1) is 9.33. The van der Waals surface area contributed by atoms with E-state index in [0.29, 0.717) is 17.7 Å². The molecular weight excluding hydrogens is 234 g/mol. The Labute approximate surface area is 116 Å². The Hall–Kier alpha value is -1.12. The summed E-state index contributed by atoms with van der Waals surface area (Å²) in [6, 6.07) is 2.01. The Balaban J connectivity index is 1.83. The van der Waals surface area contributed by atoms with Gasteiger partial charge >= 0.3 is 0 Å². The van der Waals surface area contributed by atoms with E-state index >= 15 is 0 Å². The summed E-state index contributed by atoms with van der Waals surface area (Å²) in [6.07, 6.45) is 13.1. The SMILES string of the molecule is Nc1cc(C2CCCC2)nc(C2CCCCCC2)n1. The lowest BCUT2D eigenvalue weighted by Crippen LogP contribution is -2.10. The summed E-state index contributed by atoms with van der Waals surface area (Å²) in [5.41, 5.74) is 7.23. The molecule has 2 fully saturated rings. The van der Waals surface area contributed by atoms with Crippen molar-refractivity contribution in [3.8, 4) is 0 Å². The van der Waals surface area contributed by atoms with Gasteiger partial charge in [-0.1, -0.05) is 38.5 Å². The highest BCUT2D eigenvalue weighted by atomic mass is 15.0. The van der Waals surface area contributed by atoms with E-state index in [0.717, 1.165) is 5.82 Å². The van der Waals surface area contributed by atoms with Gasteiger partial charge in [0.15, 0.2) is 0 Å². The van der Waals surface area contributed by atoms with Crippen LogP contribution in [0.3, 0.4) is 0 Å². The molecule has 0 atom stereocenters. The number of anilines is 1. The predicted octanol–water partition coefficient (Wildman–Crippen LogP) is 4.15. The molecule has 1 heterocycles. The number of nitrogens with two attached hydrogens (primary N) is 1. The van der Waals surface area contributed by atoms with Gasteiger partial charge in [0.25, 0.3) is 0 Å². The van der Waals surface area contributed by atoms with E-state index in [1.807, 2.05) is 6.07 Å². The molecule has 3 heteroatoms. The van der Waals surface area contributed by atoms with Gasteiger partial charge in [0.1, 0.15) is 11.6 Å². The molecule has 1 aromatic rings. The highest BCUT2D eigenvalue weighted by Crippen LogP contribution is 2.35. The summed E-state index contributed by atoms with van der Waals surface area (Å²) in [4.78, 5) is 9.43. The summed E-state index contributed by atoms with van der Waals surface area (Å²) in [5.74, 6) is 2.89. The zero-order valence-electron chi connectivity index (χ0n) is 11.8. The van der Waals surface area contributed by atoms with Crippen molar-refractivity contribution in [1.29, 1.82) is 0 Å². The molecule has 0 amide bonds. The third kappa shape index (κ3) is 3.07. The fourth-order valence-electron chi connectivity index (χ4n) is 3.66. The summed E-state index contributed by atoms with van der Waals surface area (Å²) in [7, 11) is 0. The fourth-order valence-corrected chi connectivity index (χ4v) is 3.66. The molecule has 0 unspecified atom stereocenters. The van der Waals surface area contributed by atoms with Gasteiger partial charge in [-0.2, -0.15) is 0 Å². The van der Waals surface area contributed by atoms with E-state index < -0.39 is 0 Å². The van der Waals surface area contributed by atoms with Crippen LogP contribution in [0.25, 0.3) is 0 Å². The molecule has 2 aliphatic carbocycles. The fraction of sp³-hybridized carbons (Fsp3) is 0.750. The van der Waals surface area contributed by atoms with Crippen molar-refractivity contribution in [3.05, 3.63) is 17.6 Å². The van der Waals surface area contributed by atoms with Gasteiger partial charge < -0.3 is 5.73 Å². The van der Waals surface area contributed by atoms with Crippen molar-refractivity contribution in [1.82, 2.24) is 9.97 Å². The average molecular weight is 259 g/mol. The minimum absolute atomic E-state index is 0.547. The topological polar surface area (TPSA) is 51.8 Å². The second-order valence-corrected chi connectivity index (χ2v) is 6.25. The van der Waals surface area contributed by atoms with E-state index in [-0.39, 0.29) is 0 Å². The van der Waals surface area contributed by atoms with Crippen LogP contribution in [0.4, 0.5) is 5.82 Å². The average Bonchev–Trinajstić information content (AvgIpc) is 2.81. The summed E-state index contributed by atoms with van der Waals surface area (Å²) in [6.45, 7) is 0. The maximum atomic E-state index is 6.02. The number of nitrogen functional groups attached to an aromatic ring is 1. The zero-order valence-corrected chi connectivity index (χ0v) is 11.8. The van der Waals surface area contributed by atoms with Crippen molar-refractivity contribution < 1.29 is 0 Å². The van der Waals surface area contributed by atoms with Crippen LogP contribution >= 0.6 is 0 Å². The lowest BCUT2D eigenvalue weighted by atomic mass is 9.98. The van der Waals surface area contributed by atoms with Gasteiger partial charge in [0.2, 0.25) is 0 Å². The van der Waals surface area contributed by atoms with E-state index in [1.165, 1.54) is 69.9 Å². The van der Waals surface area contributed by atoms with Gasteiger partial charge in [0, 0.05) is 23.6 Å². The van der Waals surface area contributed by atoms with Crippen molar-refractivity contribution in [2.45, 2.75) is 76.0 Å². The zero-order chi connectivity index (χ0) is 13.1. The highest BCUT2D eigenvalue weighted by Gasteiger charge is 2.22. The molecule has 3 rings (SSSR count). The Morgan fingerprint density at radius 1 is 0.789 bits per heavy atom. The molecule has 0 saturated heterocycles. The van der Waals surface area contributed by atoms with Gasteiger partial charge in [-0.3, -0.25) is 0 Å². The van der Waals surface area contributed by atoms with Crippen molar-refractivity contribution in [2.24, 2.45) is 0 Å². The summed E-state index contributed by atoms with van der Waals surface area (Å²) < 4.78 is 0. The second-order valence-electron chi connectivity index (χ2n) is 6.25. The number of hydrogen-bond acceptors (Lipinski definition) is 3. The van der Waals surface area contributed by atoms with Crippen LogP contribution in [0.1, 0.15) is 87.6 Å². The Morgan fingerprint density at radius 2 is 1.37 bits per heavy atom. The molecule has 3 nitrogen and oxygen atoms in total. The van der Waals surface area contributed by atoms with Crippen molar-refractivity contribution in [3.63, 3.8) is 0 Å². The van der Waals surface area contributed by atoms with Crippen LogP contribution in [0, 0.1) is 0 Å². The van der Waals surface area contributed by atoms with Gasteiger partial charge in [-0.25, -0.2) is 9.97 Å². The van der Waals surface area contributed by atoms with E-state index in [4.69, 9.17) is 10.7 Å². The van der Waals surface area contributed by atoms with Crippen LogP contribution in [-0.2, 0) is 0 Å². The summed E-state index contributed by atoms with van der Waals surface area (Å²) in [5, 5.41) is 0. The number of aromatic nitrogens is 2. The van der Waals surface area contributed by atoms with E-state index in [1.54, 1.807) is 0 Å². The van der Waals surface area contributed by atoms with Crippen LogP contribution in [0.15, 0.2) is 6.07 Å². The number of nitrogens with zero attached hydrogens (tertiary/aromatic N) is 2. The third-order valence-corrected chi connectivity index (χ3v) is 4.78. The molecule has 0 aromatic carbocycles. The molecule has 2 N–H and O–H groups in total. The highest BCUT2D eigenvalue weighted by molar-refractivity contribution is 5.32. The molecule has 2 saturated carbocycles. The van der Waals surface area contributed by atoms with Crippen LogP contribution in [-0.4, -0.2) is 9.97 Å². The van der Waals surface area contributed by atoms with Crippen molar-refractivity contribution in [2.75, 3.05) is 5.73 Å². The molecular formula is C16H25N3. The number of rotatable bonds is 2. The van der Waals surface area contributed by atoms with Gasteiger partial charge in [-0.15, -0.1) is 0 Å². The van der Waals surface area contributed by atoms with E-state index in [2.05, 4.69) is 4.98 Å². The van der Waals surface area contributed by atoms with Crippen molar-refractivity contribution >= 4 is 5.82 Å². The molecule has 0 radical (unpaired) electrons. The number of hydrogen-bond donors (Lipinski definition) is 1. The summed E-state index contributed by atoms with van der Waals surface area (Å²) >= 11 is 0. The smallest absolute Gasteiger partial charge is 0.134 e. The maximum absolute atomic E-state index is 6.02. The van der Waals surface area contributed by atoms with Gasteiger partial charge in [-0.05, 0) is 25.7 Å². The van der Waals surface area contributed by atoms with Crippen LogP contribution in [0.5, 0.6) is 0 Å². The molecule has 0 aliphatic heterocycles. The second kappa shape index (κ2) is 5.89. The molecule has 104 valence electrons. The Morgan fingerprint density at radius 3 is 2.05 bits per heavy atom. The van der Waals surface area contributed by atoms with Crippen LogP contribution < -0.4 is 5.73 Å².